The van der Waals surface area contributed by atoms with Gasteiger partial charge in [-0.2, -0.15) is 0 Å². The highest BCUT2D eigenvalue weighted by Crippen LogP contribution is 2.33. The van der Waals surface area contributed by atoms with Crippen molar-refractivity contribution < 1.29 is 14.6 Å². The molecule has 0 aliphatic rings. The third kappa shape index (κ3) is 2.17. The molecule has 0 aliphatic carbocycles. The summed E-state index contributed by atoms with van der Waals surface area (Å²) in [6.07, 6.45) is 0.291. The molecule has 0 radical (unpaired) electrons. The number of aromatic nitrogens is 1. The largest absolute Gasteiger partial charge is 0.496 e. The van der Waals surface area contributed by atoms with Crippen molar-refractivity contribution in [2.45, 2.75) is 19.4 Å². The van der Waals surface area contributed by atoms with Crippen LogP contribution >= 0.6 is 0 Å². The Kier molecular flexibility index (Phi) is 3.48. The Morgan fingerprint density at radius 3 is 2.79 bits per heavy atom. The summed E-state index contributed by atoms with van der Waals surface area (Å²) in [5.41, 5.74) is 8.62. The number of aliphatic carboxylic acids is 1. The molecule has 1 aromatic heterocycles. The summed E-state index contributed by atoms with van der Waals surface area (Å²) < 4.78 is 7.41. The number of nitrogens with two attached hydrogens (primary N) is 1. The lowest BCUT2D eigenvalue weighted by Gasteiger charge is -2.08. The van der Waals surface area contributed by atoms with E-state index >= 15 is 0 Å². The highest BCUT2D eigenvalue weighted by atomic mass is 16.5. The van der Waals surface area contributed by atoms with Gasteiger partial charge in [0.2, 0.25) is 0 Å². The molecular weight excluding hydrogens is 244 g/mol. The van der Waals surface area contributed by atoms with Gasteiger partial charge in [0.25, 0.3) is 0 Å². The minimum Gasteiger partial charge on any atom is -0.496 e. The Hall–Kier alpha value is -2.01. The Labute approximate surface area is 111 Å². The first-order chi connectivity index (χ1) is 8.97. The molecule has 0 fully saturated rings. The molecule has 1 atom stereocenters. The molecular formula is C14H18N2O3. The van der Waals surface area contributed by atoms with Gasteiger partial charge < -0.3 is 20.1 Å². The van der Waals surface area contributed by atoms with Gasteiger partial charge in [-0.05, 0) is 24.6 Å². The molecule has 2 rings (SSSR count). The molecule has 1 unspecified atom stereocenters. The summed E-state index contributed by atoms with van der Waals surface area (Å²) in [6.45, 7) is 1.96. The van der Waals surface area contributed by atoms with E-state index in [0.29, 0.717) is 6.42 Å². The van der Waals surface area contributed by atoms with Crippen molar-refractivity contribution in [3.05, 3.63) is 29.5 Å². The second-order valence-electron chi connectivity index (χ2n) is 4.63. The molecule has 0 aliphatic heterocycles. The van der Waals surface area contributed by atoms with E-state index in [9.17, 15) is 4.79 Å². The van der Waals surface area contributed by atoms with Crippen LogP contribution in [0.15, 0.2) is 18.2 Å². The third-order valence-electron chi connectivity index (χ3n) is 3.57. The van der Waals surface area contributed by atoms with Gasteiger partial charge in [-0.1, -0.05) is 6.07 Å². The van der Waals surface area contributed by atoms with Gasteiger partial charge in [0, 0.05) is 24.5 Å². The molecule has 0 saturated heterocycles. The van der Waals surface area contributed by atoms with Crippen molar-refractivity contribution in [2.75, 3.05) is 7.11 Å². The Morgan fingerprint density at radius 1 is 1.53 bits per heavy atom. The van der Waals surface area contributed by atoms with E-state index in [1.807, 2.05) is 36.7 Å². The molecule has 2 aromatic rings. The van der Waals surface area contributed by atoms with Crippen LogP contribution in [-0.2, 0) is 18.3 Å². The smallest absolute Gasteiger partial charge is 0.320 e. The number of methoxy groups -OCH3 is 1. The highest BCUT2D eigenvalue weighted by molar-refractivity contribution is 5.92. The zero-order valence-electron chi connectivity index (χ0n) is 11.3. The number of hydrogen-bond acceptors (Lipinski definition) is 3. The van der Waals surface area contributed by atoms with E-state index in [4.69, 9.17) is 15.6 Å². The van der Waals surface area contributed by atoms with Gasteiger partial charge in [-0.3, -0.25) is 4.79 Å². The number of aryl methyl sites for hydroxylation is 1. The van der Waals surface area contributed by atoms with Crippen molar-refractivity contribution >= 4 is 16.9 Å². The molecule has 3 N–H and O–H groups in total. The van der Waals surface area contributed by atoms with Crippen LogP contribution in [0.5, 0.6) is 5.75 Å². The van der Waals surface area contributed by atoms with Crippen LogP contribution in [0.1, 0.15) is 11.3 Å². The molecule has 0 saturated carbocycles. The Balaban J connectivity index is 2.65. The Morgan fingerprint density at radius 2 is 2.21 bits per heavy atom. The SMILES string of the molecule is COc1cccc2c1c(CC(N)C(=O)O)c(C)n2C. The maximum absolute atomic E-state index is 10.9. The fourth-order valence-electron chi connectivity index (χ4n) is 2.39. The number of carboxylic acid groups (broad SMARTS) is 1. The average Bonchev–Trinajstić information content (AvgIpc) is 2.64. The molecule has 102 valence electrons. The van der Waals surface area contributed by atoms with E-state index in [-0.39, 0.29) is 0 Å². The number of rotatable bonds is 4. The molecule has 5 heteroatoms. The van der Waals surface area contributed by atoms with E-state index in [2.05, 4.69) is 0 Å². The summed E-state index contributed by atoms with van der Waals surface area (Å²) in [7, 11) is 3.56. The summed E-state index contributed by atoms with van der Waals surface area (Å²) in [5.74, 6) is -0.250. The Bertz CT molecular complexity index is 631. The monoisotopic (exact) mass is 262 g/mol. The minimum absolute atomic E-state index is 0.291. The van der Waals surface area contributed by atoms with E-state index in [1.165, 1.54) is 0 Å². The first-order valence-corrected chi connectivity index (χ1v) is 6.06. The molecule has 5 nitrogen and oxygen atoms in total. The minimum atomic E-state index is -0.994. The lowest BCUT2D eigenvalue weighted by molar-refractivity contribution is -0.138. The predicted molar refractivity (Wildman–Crippen MR) is 73.5 cm³/mol. The predicted octanol–water partition coefficient (Wildman–Crippen LogP) is 1.45. The number of ether oxygens (including phenoxy) is 1. The molecule has 0 amide bonds. The molecule has 0 bridgehead atoms. The number of fused-ring (bicyclic) bond motifs is 1. The molecule has 1 aromatic carbocycles. The lowest BCUT2D eigenvalue weighted by Crippen LogP contribution is -2.32. The topological polar surface area (TPSA) is 77.5 Å². The van der Waals surface area contributed by atoms with Crippen LogP contribution in [0.25, 0.3) is 10.9 Å². The zero-order valence-corrected chi connectivity index (χ0v) is 11.3. The fourth-order valence-corrected chi connectivity index (χ4v) is 2.39. The standard InChI is InChI=1S/C14H18N2O3/c1-8-9(7-10(15)14(17)18)13-11(16(8)2)5-4-6-12(13)19-3/h4-6,10H,7,15H2,1-3H3,(H,17,18). The summed E-state index contributed by atoms with van der Waals surface area (Å²) in [4.78, 5) is 10.9. The first kappa shape index (κ1) is 13.4. The normalized spacial score (nSPS) is 12.6. The van der Waals surface area contributed by atoms with Crippen LogP contribution in [0.2, 0.25) is 0 Å². The van der Waals surface area contributed by atoms with Crippen LogP contribution in [0.3, 0.4) is 0 Å². The van der Waals surface area contributed by atoms with Crippen molar-refractivity contribution in [3.8, 4) is 5.75 Å². The van der Waals surface area contributed by atoms with Crippen molar-refractivity contribution in [3.63, 3.8) is 0 Å². The first-order valence-electron chi connectivity index (χ1n) is 6.06. The van der Waals surface area contributed by atoms with E-state index in [0.717, 1.165) is 27.9 Å². The van der Waals surface area contributed by atoms with Crippen LogP contribution in [0, 0.1) is 6.92 Å². The van der Waals surface area contributed by atoms with Crippen LogP contribution in [0.4, 0.5) is 0 Å². The van der Waals surface area contributed by atoms with Gasteiger partial charge in [0.05, 0.1) is 12.6 Å². The number of benzene rings is 1. The van der Waals surface area contributed by atoms with Crippen molar-refractivity contribution in [1.82, 2.24) is 4.57 Å². The summed E-state index contributed by atoms with van der Waals surface area (Å²) in [5, 5.41) is 9.92. The summed E-state index contributed by atoms with van der Waals surface area (Å²) in [6, 6.07) is 4.87. The molecule has 1 heterocycles. The van der Waals surface area contributed by atoms with E-state index < -0.39 is 12.0 Å². The quantitative estimate of drug-likeness (QED) is 0.874. The van der Waals surface area contributed by atoms with Gasteiger partial charge in [0.15, 0.2) is 0 Å². The molecule has 0 spiro atoms. The van der Waals surface area contributed by atoms with Crippen molar-refractivity contribution in [2.24, 2.45) is 12.8 Å². The van der Waals surface area contributed by atoms with Gasteiger partial charge in [-0.25, -0.2) is 0 Å². The molecule has 19 heavy (non-hydrogen) atoms. The number of nitrogens with zero attached hydrogens (tertiary/aromatic N) is 1. The van der Waals surface area contributed by atoms with Crippen LogP contribution in [-0.4, -0.2) is 28.8 Å². The lowest BCUT2D eigenvalue weighted by atomic mass is 10.0. The van der Waals surface area contributed by atoms with Crippen LogP contribution < -0.4 is 10.5 Å². The maximum Gasteiger partial charge on any atom is 0.320 e. The number of carboxylic acids is 1. The number of hydrogen-bond donors (Lipinski definition) is 2. The second-order valence-corrected chi connectivity index (χ2v) is 4.63. The van der Waals surface area contributed by atoms with Crippen molar-refractivity contribution in [1.29, 1.82) is 0 Å². The number of carbonyl (C=O) groups is 1. The average molecular weight is 262 g/mol. The van der Waals surface area contributed by atoms with Gasteiger partial charge >= 0.3 is 5.97 Å². The van der Waals surface area contributed by atoms with E-state index in [1.54, 1.807) is 7.11 Å². The highest BCUT2D eigenvalue weighted by Gasteiger charge is 2.20. The fraction of sp³-hybridized carbons (Fsp3) is 0.357. The summed E-state index contributed by atoms with van der Waals surface area (Å²) >= 11 is 0. The second kappa shape index (κ2) is 4.93. The zero-order chi connectivity index (χ0) is 14.2. The third-order valence-corrected chi connectivity index (χ3v) is 3.57. The van der Waals surface area contributed by atoms with Gasteiger partial charge in [-0.15, -0.1) is 0 Å². The maximum atomic E-state index is 10.9. The van der Waals surface area contributed by atoms with Gasteiger partial charge in [0.1, 0.15) is 11.8 Å².